The summed E-state index contributed by atoms with van der Waals surface area (Å²) < 4.78 is 5.38. The van der Waals surface area contributed by atoms with Crippen molar-refractivity contribution >= 4 is 34.9 Å². The van der Waals surface area contributed by atoms with Crippen molar-refractivity contribution in [3.63, 3.8) is 0 Å². The van der Waals surface area contributed by atoms with Crippen LogP contribution in [0, 0.1) is 0 Å². The van der Waals surface area contributed by atoms with Gasteiger partial charge in [0.25, 0.3) is 5.91 Å². The van der Waals surface area contributed by atoms with Crippen LogP contribution in [0.3, 0.4) is 0 Å². The number of carbonyl (C=O) groups is 1. The summed E-state index contributed by atoms with van der Waals surface area (Å²) in [5, 5.41) is 6.91. The molecule has 0 bridgehead atoms. The first kappa shape index (κ1) is 17.6. The second-order valence-corrected chi connectivity index (χ2v) is 6.31. The Labute approximate surface area is 156 Å². The molecular formula is C18H17Cl2N3O2. The highest BCUT2D eigenvalue weighted by atomic mass is 35.5. The Morgan fingerprint density at radius 3 is 2.84 bits per heavy atom. The molecule has 0 fully saturated rings. The number of carbonyl (C=O) groups excluding carboxylic acids is 1. The van der Waals surface area contributed by atoms with E-state index in [9.17, 15) is 4.79 Å². The second-order valence-electron chi connectivity index (χ2n) is 5.46. The van der Waals surface area contributed by atoms with Gasteiger partial charge < -0.3 is 15.4 Å². The average Bonchev–Trinajstić information content (AvgIpc) is 3.01. The fraction of sp³-hybridized carbons (Fsp3) is 0.222. The molecule has 0 saturated carbocycles. The Kier molecular flexibility index (Phi) is 5.79. The maximum Gasteiger partial charge on any atom is 0.258 e. The molecule has 7 heteroatoms. The molecule has 1 aliphatic rings. The quantitative estimate of drug-likeness (QED) is 0.760. The third kappa shape index (κ3) is 4.65. The van der Waals surface area contributed by atoms with E-state index in [2.05, 4.69) is 21.7 Å². The molecule has 25 heavy (non-hydrogen) atoms. The van der Waals surface area contributed by atoms with E-state index in [4.69, 9.17) is 27.9 Å². The minimum atomic E-state index is -0.221. The SMILES string of the molecule is O=C(COc1ccc(Cl)cc1Cl)NCCNC1=NCc2ccccc21. The van der Waals surface area contributed by atoms with Gasteiger partial charge in [-0.25, -0.2) is 0 Å². The molecule has 0 spiro atoms. The van der Waals surface area contributed by atoms with Crippen molar-refractivity contribution in [2.75, 3.05) is 19.7 Å². The van der Waals surface area contributed by atoms with Crippen LogP contribution in [-0.4, -0.2) is 31.4 Å². The Hall–Kier alpha value is -2.24. The molecule has 0 atom stereocenters. The highest BCUT2D eigenvalue weighted by Crippen LogP contribution is 2.27. The van der Waals surface area contributed by atoms with E-state index >= 15 is 0 Å². The lowest BCUT2D eigenvalue weighted by molar-refractivity contribution is -0.123. The summed E-state index contributed by atoms with van der Waals surface area (Å²) in [5.74, 6) is 1.08. The van der Waals surface area contributed by atoms with E-state index in [-0.39, 0.29) is 12.5 Å². The maximum atomic E-state index is 11.8. The van der Waals surface area contributed by atoms with Crippen LogP contribution in [0.4, 0.5) is 0 Å². The van der Waals surface area contributed by atoms with E-state index in [1.807, 2.05) is 18.2 Å². The number of nitrogens with one attached hydrogen (secondary N) is 2. The van der Waals surface area contributed by atoms with Gasteiger partial charge in [-0.1, -0.05) is 47.5 Å². The van der Waals surface area contributed by atoms with E-state index in [1.54, 1.807) is 18.2 Å². The molecule has 0 radical (unpaired) electrons. The minimum absolute atomic E-state index is 0.106. The van der Waals surface area contributed by atoms with Crippen molar-refractivity contribution in [1.82, 2.24) is 10.6 Å². The molecule has 1 aliphatic heterocycles. The van der Waals surface area contributed by atoms with Crippen LogP contribution in [0.5, 0.6) is 5.75 Å². The van der Waals surface area contributed by atoms with Crippen molar-refractivity contribution in [2.24, 2.45) is 4.99 Å². The molecule has 0 aromatic heterocycles. The standard InChI is InChI=1S/C18H17Cl2N3O2/c19-13-5-6-16(15(20)9-13)25-11-17(24)21-7-8-22-18-14-4-2-1-3-12(14)10-23-18/h1-6,9H,7-8,10-11H2,(H,21,24)(H,22,23). The fourth-order valence-electron chi connectivity index (χ4n) is 2.46. The topological polar surface area (TPSA) is 62.7 Å². The van der Waals surface area contributed by atoms with Crippen molar-refractivity contribution in [3.05, 3.63) is 63.6 Å². The molecule has 1 amide bonds. The summed E-state index contributed by atoms with van der Waals surface area (Å²) >= 11 is 11.8. The number of hydrogen-bond donors (Lipinski definition) is 2. The molecule has 1 heterocycles. The molecule has 5 nitrogen and oxygen atoms in total. The first-order chi connectivity index (χ1) is 12.1. The van der Waals surface area contributed by atoms with Crippen LogP contribution in [0.25, 0.3) is 0 Å². The summed E-state index contributed by atoms with van der Waals surface area (Å²) in [6, 6.07) is 13.0. The predicted octanol–water partition coefficient (Wildman–Crippen LogP) is 3.04. The van der Waals surface area contributed by atoms with E-state index in [1.165, 1.54) is 5.56 Å². The third-order valence-corrected chi connectivity index (χ3v) is 4.20. The fourth-order valence-corrected chi connectivity index (χ4v) is 2.92. The van der Waals surface area contributed by atoms with Crippen LogP contribution >= 0.6 is 23.2 Å². The average molecular weight is 378 g/mol. The summed E-state index contributed by atoms with van der Waals surface area (Å²) in [6.07, 6.45) is 0. The normalized spacial score (nSPS) is 12.3. The van der Waals surface area contributed by atoms with Gasteiger partial charge in [-0.2, -0.15) is 0 Å². The van der Waals surface area contributed by atoms with Gasteiger partial charge in [-0.3, -0.25) is 9.79 Å². The summed E-state index contributed by atoms with van der Waals surface area (Å²) in [6.45, 7) is 1.64. The van der Waals surface area contributed by atoms with Crippen molar-refractivity contribution in [1.29, 1.82) is 0 Å². The van der Waals surface area contributed by atoms with Crippen LogP contribution in [0.15, 0.2) is 47.5 Å². The number of fused-ring (bicyclic) bond motifs is 1. The first-order valence-corrected chi connectivity index (χ1v) is 8.60. The molecule has 2 aromatic rings. The lowest BCUT2D eigenvalue weighted by Gasteiger charge is -2.10. The zero-order valence-electron chi connectivity index (χ0n) is 13.4. The number of amidine groups is 1. The van der Waals surface area contributed by atoms with Gasteiger partial charge >= 0.3 is 0 Å². The number of aliphatic imine (C=N–C) groups is 1. The highest BCUT2D eigenvalue weighted by Gasteiger charge is 2.14. The van der Waals surface area contributed by atoms with Gasteiger partial charge in [0, 0.05) is 23.7 Å². The summed E-state index contributed by atoms with van der Waals surface area (Å²) in [4.78, 5) is 16.3. The maximum absolute atomic E-state index is 11.8. The molecule has 0 unspecified atom stereocenters. The van der Waals surface area contributed by atoms with Crippen LogP contribution in [0.2, 0.25) is 10.0 Å². The van der Waals surface area contributed by atoms with Gasteiger partial charge in [-0.15, -0.1) is 0 Å². The first-order valence-electron chi connectivity index (χ1n) is 7.84. The molecule has 3 rings (SSSR count). The lowest BCUT2D eigenvalue weighted by atomic mass is 10.1. The lowest BCUT2D eigenvalue weighted by Crippen LogP contribution is -2.36. The van der Waals surface area contributed by atoms with Gasteiger partial charge in [-0.05, 0) is 23.8 Å². The van der Waals surface area contributed by atoms with Crippen molar-refractivity contribution in [3.8, 4) is 5.75 Å². The van der Waals surface area contributed by atoms with Crippen molar-refractivity contribution in [2.45, 2.75) is 6.54 Å². The van der Waals surface area contributed by atoms with Crippen molar-refractivity contribution < 1.29 is 9.53 Å². The predicted molar refractivity (Wildman–Crippen MR) is 99.7 cm³/mol. The van der Waals surface area contributed by atoms with E-state index < -0.39 is 0 Å². The number of ether oxygens (including phenoxy) is 1. The van der Waals surface area contributed by atoms with Gasteiger partial charge in [0.05, 0.1) is 11.6 Å². The molecule has 0 saturated heterocycles. The monoisotopic (exact) mass is 377 g/mol. The molecular weight excluding hydrogens is 361 g/mol. The smallest absolute Gasteiger partial charge is 0.258 e. The zero-order valence-corrected chi connectivity index (χ0v) is 14.9. The third-order valence-electron chi connectivity index (χ3n) is 3.67. The van der Waals surface area contributed by atoms with Gasteiger partial charge in [0.15, 0.2) is 6.61 Å². The Balaban J connectivity index is 1.37. The minimum Gasteiger partial charge on any atom is -0.482 e. The molecule has 2 aromatic carbocycles. The summed E-state index contributed by atoms with van der Waals surface area (Å²) in [7, 11) is 0. The zero-order chi connectivity index (χ0) is 17.6. The second kappa shape index (κ2) is 8.23. The number of halogens is 2. The largest absolute Gasteiger partial charge is 0.482 e. The van der Waals surface area contributed by atoms with Crippen LogP contribution in [-0.2, 0) is 11.3 Å². The van der Waals surface area contributed by atoms with Gasteiger partial charge in [0.2, 0.25) is 0 Å². The van der Waals surface area contributed by atoms with Crippen LogP contribution < -0.4 is 15.4 Å². The van der Waals surface area contributed by atoms with Crippen LogP contribution in [0.1, 0.15) is 11.1 Å². The molecule has 130 valence electrons. The molecule has 2 N–H and O–H groups in total. The number of nitrogens with zero attached hydrogens (tertiary/aromatic N) is 1. The number of amides is 1. The number of hydrogen-bond acceptors (Lipinski definition) is 4. The highest BCUT2D eigenvalue weighted by molar-refractivity contribution is 6.35. The van der Waals surface area contributed by atoms with E-state index in [0.717, 1.165) is 11.4 Å². The van der Waals surface area contributed by atoms with E-state index in [0.29, 0.717) is 35.4 Å². The molecule has 0 aliphatic carbocycles. The summed E-state index contributed by atoms with van der Waals surface area (Å²) in [5.41, 5.74) is 2.33. The number of rotatable bonds is 6. The Bertz CT molecular complexity index is 809. The Morgan fingerprint density at radius 1 is 1.16 bits per heavy atom. The Morgan fingerprint density at radius 2 is 2.00 bits per heavy atom. The number of benzene rings is 2. The van der Waals surface area contributed by atoms with Gasteiger partial charge in [0.1, 0.15) is 11.6 Å².